The number of carbonyl (C=O) groups excluding carboxylic acids is 1. The van der Waals surface area contributed by atoms with Crippen LogP contribution in [0.5, 0.6) is 0 Å². The molecule has 0 aliphatic carbocycles. The van der Waals surface area contributed by atoms with Gasteiger partial charge in [-0.3, -0.25) is 9.69 Å². The van der Waals surface area contributed by atoms with Gasteiger partial charge in [0.2, 0.25) is 0 Å². The molecule has 1 N–H and O–H groups in total. The van der Waals surface area contributed by atoms with E-state index >= 15 is 0 Å². The average Bonchev–Trinajstić information content (AvgIpc) is 3.04. The largest absolute Gasteiger partial charge is 0.416 e. The lowest BCUT2D eigenvalue weighted by Crippen LogP contribution is -2.50. The second-order valence-corrected chi connectivity index (χ2v) is 13.7. The quantitative estimate of drug-likeness (QED) is 0.320. The Balaban J connectivity index is 1.27. The molecular weight excluding hydrogens is 591 g/mol. The molecule has 5 rings (SSSR count). The lowest BCUT2D eigenvalue weighted by Gasteiger charge is -2.44. The smallest absolute Gasteiger partial charge is 0.367 e. The number of hydrogen-bond acceptors (Lipinski definition) is 6. The fourth-order valence-electron chi connectivity index (χ4n) is 5.91. The summed E-state index contributed by atoms with van der Waals surface area (Å²) >= 11 is 0. The van der Waals surface area contributed by atoms with Crippen LogP contribution in [0.15, 0.2) is 77.7 Å². The molecule has 0 spiro atoms. The van der Waals surface area contributed by atoms with E-state index < -0.39 is 21.6 Å². The number of hydrogen-bond donors (Lipinski definition) is 1. The van der Waals surface area contributed by atoms with Gasteiger partial charge >= 0.3 is 6.18 Å². The second-order valence-electron chi connectivity index (χ2n) is 11.4. The number of rotatable bonds is 9. The third-order valence-corrected chi connectivity index (χ3v) is 10.2. The highest BCUT2D eigenvalue weighted by Crippen LogP contribution is 2.36. The van der Waals surface area contributed by atoms with E-state index in [1.54, 1.807) is 55.5 Å². The standard InChI is InChI=1S/C33H38F3N3O4S/c1-2-44(41,42)31-16-4-24(5-17-31)20-37-32(40)26-8-13-29(14-9-26)39-21-27(25-6-11-28(12-7-25)33(34,35)36)10-15-30(39)22-38-18-3-19-43-23-38/h4-9,11-14,16-17,27,30H,2-3,10,15,18-23H2,1H3,(H,37,40)/t27?,30-/m0/s1. The molecule has 3 aromatic carbocycles. The van der Waals surface area contributed by atoms with Crippen LogP contribution in [0.3, 0.4) is 0 Å². The highest BCUT2D eigenvalue weighted by molar-refractivity contribution is 7.91. The summed E-state index contributed by atoms with van der Waals surface area (Å²) < 4.78 is 69.2. The van der Waals surface area contributed by atoms with Gasteiger partial charge in [0, 0.05) is 56.0 Å². The van der Waals surface area contributed by atoms with Gasteiger partial charge in [0.15, 0.2) is 9.84 Å². The number of nitrogens with one attached hydrogen (secondary N) is 1. The minimum atomic E-state index is -4.37. The van der Waals surface area contributed by atoms with Gasteiger partial charge in [0.05, 0.1) is 22.9 Å². The SMILES string of the molecule is CCS(=O)(=O)c1ccc(CNC(=O)c2ccc(N3CC(c4ccc(C(F)(F)F)cc4)CC[C@H]3CN3CCCOC3)cc2)cc1. The van der Waals surface area contributed by atoms with Crippen LogP contribution < -0.4 is 10.2 Å². The maximum absolute atomic E-state index is 13.1. The molecule has 2 saturated heterocycles. The zero-order valence-corrected chi connectivity index (χ0v) is 25.5. The number of amides is 1. The highest BCUT2D eigenvalue weighted by atomic mass is 32.2. The highest BCUT2D eigenvalue weighted by Gasteiger charge is 2.33. The van der Waals surface area contributed by atoms with Crippen molar-refractivity contribution in [2.24, 2.45) is 0 Å². The first-order chi connectivity index (χ1) is 21.0. The van der Waals surface area contributed by atoms with Crippen LogP contribution in [-0.4, -0.2) is 64.0 Å². The topological polar surface area (TPSA) is 79.0 Å². The molecule has 3 aromatic rings. The van der Waals surface area contributed by atoms with E-state index in [1.165, 1.54) is 0 Å². The molecule has 44 heavy (non-hydrogen) atoms. The van der Waals surface area contributed by atoms with Gasteiger partial charge in [-0.15, -0.1) is 0 Å². The summed E-state index contributed by atoms with van der Waals surface area (Å²) in [5, 5.41) is 2.89. The molecule has 0 saturated carbocycles. The van der Waals surface area contributed by atoms with Crippen molar-refractivity contribution in [2.75, 3.05) is 43.6 Å². The maximum Gasteiger partial charge on any atom is 0.416 e. The van der Waals surface area contributed by atoms with Crippen molar-refractivity contribution in [3.63, 3.8) is 0 Å². The number of nitrogens with zero attached hydrogens (tertiary/aromatic N) is 2. The van der Waals surface area contributed by atoms with Crippen molar-refractivity contribution in [3.05, 3.63) is 95.1 Å². The Bertz CT molecular complexity index is 1510. The van der Waals surface area contributed by atoms with Crippen LogP contribution in [-0.2, 0) is 27.3 Å². The van der Waals surface area contributed by atoms with Gasteiger partial charge in [-0.1, -0.05) is 31.2 Å². The van der Waals surface area contributed by atoms with Gasteiger partial charge in [-0.05, 0) is 78.9 Å². The molecular formula is C33H38F3N3O4S. The van der Waals surface area contributed by atoms with E-state index in [4.69, 9.17) is 4.74 Å². The van der Waals surface area contributed by atoms with E-state index in [-0.39, 0.29) is 35.1 Å². The first kappa shape index (κ1) is 32.0. The maximum atomic E-state index is 13.1. The van der Waals surface area contributed by atoms with Crippen molar-refractivity contribution in [3.8, 4) is 0 Å². The van der Waals surface area contributed by atoms with Crippen LogP contribution in [0.1, 0.15) is 59.2 Å². The third kappa shape index (κ3) is 7.80. The van der Waals surface area contributed by atoms with Gasteiger partial charge in [-0.25, -0.2) is 8.42 Å². The molecule has 2 aliphatic heterocycles. The predicted molar refractivity (Wildman–Crippen MR) is 163 cm³/mol. The molecule has 2 aliphatic rings. The Morgan fingerprint density at radius 3 is 2.30 bits per heavy atom. The Morgan fingerprint density at radius 1 is 0.977 bits per heavy atom. The van der Waals surface area contributed by atoms with E-state index in [0.29, 0.717) is 18.8 Å². The third-order valence-electron chi connectivity index (χ3n) is 8.50. The summed E-state index contributed by atoms with van der Waals surface area (Å²) in [6.45, 7) is 5.64. The van der Waals surface area contributed by atoms with Crippen molar-refractivity contribution in [1.29, 1.82) is 0 Å². The summed E-state index contributed by atoms with van der Waals surface area (Å²) in [5.74, 6) is -0.141. The lowest BCUT2D eigenvalue weighted by molar-refractivity contribution is -0.137. The molecule has 0 aromatic heterocycles. The zero-order chi connectivity index (χ0) is 31.3. The molecule has 236 valence electrons. The normalized spacial score (nSPS) is 20.0. The summed E-state index contributed by atoms with van der Waals surface area (Å²) in [5.41, 5.74) is 2.48. The summed E-state index contributed by atoms with van der Waals surface area (Å²) in [6.07, 6.45) is -1.64. The number of carbonyl (C=O) groups is 1. The molecule has 1 amide bonds. The van der Waals surface area contributed by atoms with Crippen molar-refractivity contribution in [1.82, 2.24) is 10.2 Å². The Morgan fingerprint density at radius 2 is 1.68 bits per heavy atom. The summed E-state index contributed by atoms with van der Waals surface area (Å²) in [7, 11) is -3.28. The number of sulfone groups is 1. The molecule has 0 radical (unpaired) electrons. The predicted octanol–water partition coefficient (Wildman–Crippen LogP) is 5.86. The summed E-state index contributed by atoms with van der Waals surface area (Å²) in [6, 6.07) is 19.6. The number of anilines is 1. The fraction of sp³-hybridized carbons (Fsp3) is 0.424. The molecule has 2 atom stereocenters. The van der Waals surface area contributed by atoms with E-state index in [9.17, 15) is 26.4 Å². The van der Waals surface area contributed by atoms with Gasteiger partial charge < -0.3 is 15.0 Å². The van der Waals surface area contributed by atoms with Gasteiger partial charge in [0.1, 0.15) is 0 Å². The number of benzene rings is 3. The monoisotopic (exact) mass is 629 g/mol. The Hall–Kier alpha value is -3.41. The van der Waals surface area contributed by atoms with E-state index in [2.05, 4.69) is 15.1 Å². The van der Waals surface area contributed by atoms with E-state index in [1.807, 2.05) is 12.1 Å². The molecule has 0 bridgehead atoms. The first-order valence-corrected chi connectivity index (χ1v) is 16.6. The molecule has 11 heteroatoms. The number of piperidine rings is 1. The Kier molecular flexibility index (Phi) is 9.97. The van der Waals surface area contributed by atoms with Gasteiger partial charge in [0.25, 0.3) is 5.91 Å². The van der Waals surface area contributed by atoms with Crippen LogP contribution in [0.2, 0.25) is 0 Å². The van der Waals surface area contributed by atoms with Crippen LogP contribution in [0, 0.1) is 0 Å². The molecule has 2 heterocycles. The first-order valence-electron chi connectivity index (χ1n) is 15.0. The van der Waals surface area contributed by atoms with Crippen molar-refractivity contribution in [2.45, 2.75) is 55.8 Å². The number of alkyl halides is 3. The minimum Gasteiger partial charge on any atom is -0.367 e. The van der Waals surface area contributed by atoms with E-state index in [0.717, 1.165) is 67.9 Å². The minimum absolute atomic E-state index is 0.0274. The number of halogens is 3. The summed E-state index contributed by atoms with van der Waals surface area (Å²) in [4.78, 5) is 17.8. The van der Waals surface area contributed by atoms with Crippen molar-refractivity contribution >= 4 is 21.4 Å². The van der Waals surface area contributed by atoms with Crippen LogP contribution in [0.4, 0.5) is 18.9 Å². The lowest BCUT2D eigenvalue weighted by atomic mass is 9.86. The average molecular weight is 630 g/mol. The Labute approximate surface area is 256 Å². The molecule has 2 fully saturated rings. The van der Waals surface area contributed by atoms with Crippen molar-refractivity contribution < 1.29 is 31.1 Å². The van der Waals surface area contributed by atoms with Crippen LogP contribution >= 0.6 is 0 Å². The second kappa shape index (κ2) is 13.7. The van der Waals surface area contributed by atoms with Crippen LogP contribution in [0.25, 0.3) is 0 Å². The number of ether oxygens (including phenoxy) is 1. The molecule has 1 unspecified atom stereocenters. The fourth-order valence-corrected chi connectivity index (χ4v) is 6.79. The van der Waals surface area contributed by atoms with Gasteiger partial charge in [-0.2, -0.15) is 13.2 Å². The zero-order valence-electron chi connectivity index (χ0n) is 24.7. The molecule has 7 nitrogen and oxygen atoms in total.